The number of rotatable bonds is 8. The van der Waals surface area contributed by atoms with Gasteiger partial charge in [0, 0.05) is 17.3 Å². The van der Waals surface area contributed by atoms with E-state index >= 15 is 0 Å². The van der Waals surface area contributed by atoms with Gasteiger partial charge in [-0.3, -0.25) is 4.79 Å². The summed E-state index contributed by atoms with van der Waals surface area (Å²) in [6, 6.07) is 21.8. The monoisotopic (exact) mass is 403 g/mol. The molecule has 5 heteroatoms. The van der Waals surface area contributed by atoms with Gasteiger partial charge in [-0.05, 0) is 53.9 Å². The van der Waals surface area contributed by atoms with E-state index in [4.69, 9.17) is 9.47 Å². The number of ether oxygens (including phenoxy) is 2. The third kappa shape index (κ3) is 4.51. The number of H-pyrrole nitrogens is 1. The smallest absolute Gasteiger partial charge is 0.179 e. The Balaban J connectivity index is 1.40. The van der Waals surface area contributed by atoms with E-state index in [2.05, 4.69) is 4.98 Å². The summed E-state index contributed by atoms with van der Waals surface area (Å²) in [7, 11) is 1.60. The molecular formula is C25H22FNO3. The molecule has 0 saturated heterocycles. The fourth-order valence-corrected chi connectivity index (χ4v) is 3.37. The van der Waals surface area contributed by atoms with Crippen molar-refractivity contribution in [1.82, 2.24) is 4.98 Å². The van der Waals surface area contributed by atoms with Crippen molar-refractivity contribution in [2.75, 3.05) is 7.11 Å². The largest absolute Gasteiger partial charge is 0.493 e. The average molecular weight is 403 g/mol. The lowest BCUT2D eigenvalue weighted by Gasteiger charge is -2.12. The van der Waals surface area contributed by atoms with E-state index in [1.165, 1.54) is 12.1 Å². The Kier molecular flexibility index (Phi) is 5.80. The molecular weight excluding hydrogens is 381 g/mol. The Hall–Kier alpha value is -3.60. The van der Waals surface area contributed by atoms with Gasteiger partial charge in [-0.25, -0.2) is 4.39 Å². The summed E-state index contributed by atoms with van der Waals surface area (Å²) < 4.78 is 24.7. The van der Waals surface area contributed by atoms with Gasteiger partial charge < -0.3 is 14.5 Å². The molecule has 0 unspecified atom stereocenters. The first-order chi connectivity index (χ1) is 14.6. The third-order valence-corrected chi connectivity index (χ3v) is 4.99. The van der Waals surface area contributed by atoms with Crippen LogP contribution in [0.4, 0.5) is 4.39 Å². The number of ketones is 1. The Labute approximate surface area is 174 Å². The van der Waals surface area contributed by atoms with Gasteiger partial charge in [0.2, 0.25) is 0 Å². The predicted octanol–water partition coefficient (Wildman–Crippen LogP) is 5.71. The van der Waals surface area contributed by atoms with E-state index in [-0.39, 0.29) is 11.6 Å². The van der Waals surface area contributed by atoms with Gasteiger partial charge in [-0.15, -0.1) is 0 Å². The van der Waals surface area contributed by atoms with E-state index in [1.807, 2.05) is 48.5 Å². The molecule has 0 bridgehead atoms. The molecule has 152 valence electrons. The zero-order valence-corrected chi connectivity index (χ0v) is 16.7. The summed E-state index contributed by atoms with van der Waals surface area (Å²) in [6.45, 7) is 0.454. The molecule has 0 aliphatic heterocycles. The van der Waals surface area contributed by atoms with Crippen LogP contribution in [0.25, 0.3) is 10.9 Å². The van der Waals surface area contributed by atoms with Crippen LogP contribution in [-0.4, -0.2) is 17.9 Å². The van der Waals surface area contributed by atoms with E-state index < -0.39 is 0 Å². The molecule has 0 atom stereocenters. The van der Waals surface area contributed by atoms with Crippen molar-refractivity contribution in [1.29, 1.82) is 0 Å². The minimum absolute atomic E-state index is 0.0185. The lowest BCUT2D eigenvalue weighted by Crippen LogP contribution is -2.02. The van der Waals surface area contributed by atoms with Crippen molar-refractivity contribution in [3.8, 4) is 11.5 Å². The number of fused-ring (bicyclic) bond motifs is 1. The number of aromatic nitrogens is 1. The van der Waals surface area contributed by atoms with Crippen LogP contribution < -0.4 is 9.47 Å². The predicted molar refractivity (Wildman–Crippen MR) is 115 cm³/mol. The fraction of sp³-hybridized carbons (Fsp3) is 0.160. The highest BCUT2D eigenvalue weighted by atomic mass is 19.1. The normalized spacial score (nSPS) is 10.9. The van der Waals surface area contributed by atoms with Gasteiger partial charge >= 0.3 is 0 Å². The second-order valence-electron chi connectivity index (χ2n) is 7.10. The first kappa shape index (κ1) is 19.7. The van der Waals surface area contributed by atoms with Crippen molar-refractivity contribution >= 4 is 16.7 Å². The second-order valence-corrected chi connectivity index (χ2v) is 7.10. The first-order valence-corrected chi connectivity index (χ1v) is 9.77. The number of methoxy groups -OCH3 is 1. The molecule has 30 heavy (non-hydrogen) atoms. The molecule has 0 radical (unpaired) electrons. The molecule has 0 fully saturated rings. The topological polar surface area (TPSA) is 51.3 Å². The number of aryl methyl sites for hydroxylation is 1. The van der Waals surface area contributed by atoms with Gasteiger partial charge in [-0.1, -0.05) is 36.4 Å². The van der Waals surface area contributed by atoms with E-state index in [1.54, 1.807) is 19.2 Å². The van der Waals surface area contributed by atoms with Crippen LogP contribution in [0, 0.1) is 5.82 Å². The van der Waals surface area contributed by atoms with Gasteiger partial charge in [0.1, 0.15) is 12.4 Å². The number of carbonyl (C=O) groups is 1. The highest BCUT2D eigenvalue weighted by Gasteiger charge is 2.12. The quantitative estimate of drug-likeness (QED) is 0.383. The molecule has 4 rings (SSSR count). The molecule has 0 spiro atoms. The molecule has 1 heterocycles. The molecule has 0 amide bonds. The third-order valence-electron chi connectivity index (χ3n) is 4.99. The molecule has 0 aliphatic carbocycles. The zero-order chi connectivity index (χ0) is 20.9. The molecule has 4 nitrogen and oxygen atoms in total. The first-order valence-electron chi connectivity index (χ1n) is 9.77. The van der Waals surface area contributed by atoms with Crippen molar-refractivity contribution in [3.63, 3.8) is 0 Å². The van der Waals surface area contributed by atoms with E-state index in [0.717, 1.165) is 16.6 Å². The number of Topliss-reactive ketones (excluding diaryl/α,β-unsaturated/α-hetero) is 1. The second kappa shape index (κ2) is 8.82. The SMILES string of the molecule is COc1cc(CCC(=O)c2cc3cc(F)ccc3[nH]2)ccc1OCc1ccccc1. The van der Waals surface area contributed by atoms with Crippen LogP contribution in [-0.2, 0) is 13.0 Å². The summed E-state index contributed by atoms with van der Waals surface area (Å²) in [5.74, 6) is 0.961. The van der Waals surface area contributed by atoms with Crippen LogP contribution in [0.3, 0.4) is 0 Å². The number of halogens is 1. The molecule has 1 N–H and O–H groups in total. The highest BCUT2D eigenvalue weighted by Crippen LogP contribution is 2.29. The molecule has 1 aromatic heterocycles. The summed E-state index contributed by atoms with van der Waals surface area (Å²) >= 11 is 0. The maximum absolute atomic E-state index is 13.4. The number of benzene rings is 3. The summed E-state index contributed by atoms with van der Waals surface area (Å²) in [5.41, 5.74) is 3.30. The minimum Gasteiger partial charge on any atom is -0.493 e. The lowest BCUT2D eigenvalue weighted by molar-refractivity contribution is 0.0979. The molecule has 0 aliphatic rings. The zero-order valence-electron chi connectivity index (χ0n) is 16.7. The Morgan fingerprint density at radius 3 is 2.57 bits per heavy atom. The maximum atomic E-state index is 13.4. The van der Waals surface area contributed by atoms with Crippen LogP contribution in [0.5, 0.6) is 11.5 Å². The van der Waals surface area contributed by atoms with Crippen LogP contribution in [0.15, 0.2) is 72.8 Å². The van der Waals surface area contributed by atoms with Gasteiger partial charge in [0.15, 0.2) is 17.3 Å². The fourth-order valence-electron chi connectivity index (χ4n) is 3.37. The number of hydrogen-bond acceptors (Lipinski definition) is 3. The maximum Gasteiger partial charge on any atom is 0.179 e. The average Bonchev–Trinajstić information content (AvgIpc) is 3.20. The van der Waals surface area contributed by atoms with E-state index in [9.17, 15) is 9.18 Å². The highest BCUT2D eigenvalue weighted by molar-refractivity contribution is 5.99. The molecule has 0 saturated carbocycles. The van der Waals surface area contributed by atoms with Crippen molar-refractivity contribution < 1.29 is 18.7 Å². The van der Waals surface area contributed by atoms with Gasteiger partial charge in [0.25, 0.3) is 0 Å². The summed E-state index contributed by atoms with van der Waals surface area (Å²) in [6.07, 6.45) is 0.903. The minimum atomic E-state index is -0.317. The molecule has 3 aromatic carbocycles. The lowest BCUT2D eigenvalue weighted by atomic mass is 10.1. The standard InChI is InChI=1S/C25H22FNO3/c1-29-25-13-17(8-12-24(25)30-16-18-5-3-2-4-6-18)7-11-23(28)22-15-19-14-20(26)9-10-21(19)27-22/h2-6,8-10,12-15,27H,7,11,16H2,1H3. The van der Waals surface area contributed by atoms with Gasteiger partial charge in [0.05, 0.1) is 12.8 Å². The van der Waals surface area contributed by atoms with Crippen LogP contribution in [0.1, 0.15) is 28.0 Å². The molecule has 4 aromatic rings. The van der Waals surface area contributed by atoms with Gasteiger partial charge in [-0.2, -0.15) is 0 Å². The summed E-state index contributed by atoms with van der Waals surface area (Å²) in [5, 5.41) is 0.694. The Morgan fingerprint density at radius 2 is 1.77 bits per heavy atom. The van der Waals surface area contributed by atoms with Crippen molar-refractivity contribution in [2.24, 2.45) is 0 Å². The Bertz CT molecular complexity index is 1170. The van der Waals surface area contributed by atoms with Crippen LogP contribution >= 0.6 is 0 Å². The number of nitrogens with one attached hydrogen (secondary N) is 1. The summed E-state index contributed by atoms with van der Waals surface area (Å²) in [4.78, 5) is 15.6. The van der Waals surface area contributed by atoms with Crippen LogP contribution in [0.2, 0.25) is 0 Å². The Morgan fingerprint density at radius 1 is 0.933 bits per heavy atom. The van der Waals surface area contributed by atoms with Crippen molar-refractivity contribution in [2.45, 2.75) is 19.4 Å². The number of carbonyl (C=O) groups excluding carboxylic acids is 1. The van der Waals surface area contributed by atoms with Crippen molar-refractivity contribution in [3.05, 3.63) is 95.4 Å². The number of aromatic amines is 1. The number of hydrogen-bond donors (Lipinski definition) is 1. The van der Waals surface area contributed by atoms with E-state index in [0.29, 0.717) is 42.0 Å².